The molecule has 5 heteroatoms. The lowest BCUT2D eigenvalue weighted by molar-refractivity contribution is -0.138. The quantitative estimate of drug-likeness (QED) is 0.780. The van der Waals surface area contributed by atoms with Crippen LogP contribution < -0.4 is 0 Å². The van der Waals surface area contributed by atoms with Crippen LogP contribution in [-0.4, -0.2) is 48.7 Å². The first-order valence-corrected chi connectivity index (χ1v) is 6.51. The number of carboxylic acids is 1. The van der Waals surface area contributed by atoms with Crippen LogP contribution in [0, 0.1) is 11.8 Å². The summed E-state index contributed by atoms with van der Waals surface area (Å²) in [4.78, 5) is 24.4. The molecule has 0 radical (unpaired) electrons. The van der Waals surface area contributed by atoms with Crippen LogP contribution in [0.1, 0.15) is 32.6 Å². The number of carboxylic acid groups (broad SMARTS) is 1. The van der Waals surface area contributed by atoms with Crippen molar-refractivity contribution in [2.45, 2.75) is 32.6 Å². The lowest BCUT2D eigenvalue weighted by Crippen LogP contribution is -2.40. The molecule has 1 rings (SSSR count). The first-order valence-electron chi connectivity index (χ1n) is 6.51. The van der Waals surface area contributed by atoms with Crippen LogP contribution in [0.2, 0.25) is 0 Å². The number of ether oxygens (including phenoxy) is 1. The van der Waals surface area contributed by atoms with Gasteiger partial charge in [-0.1, -0.05) is 6.92 Å². The van der Waals surface area contributed by atoms with E-state index in [1.165, 1.54) is 0 Å². The number of rotatable bonds is 6. The normalized spacial score (nSPS) is 18.7. The van der Waals surface area contributed by atoms with Gasteiger partial charge in [0.05, 0.1) is 0 Å². The number of aliphatic carboxylic acids is 1. The first-order chi connectivity index (χ1) is 8.52. The van der Waals surface area contributed by atoms with Gasteiger partial charge in [-0.3, -0.25) is 9.59 Å². The van der Waals surface area contributed by atoms with E-state index in [0.717, 1.165) is 32.5 Å². The van der Waals surface area contributed by atoms with Crippen molar-refractivity contribution in [2.24, 2.45) is 11.8 Å². The summed E-state index contributed by atoms with van der Waals surface area (Å²) in [6, 6.07) is 0. The minimum Gasteiger partial charge on any atom is -0.481 e. The Morgan fingerprint density at radius 2 is 1.94 bits per heavy atom. The number of hydrogen-bond donors (Lipinski definition) is 1. The van der Waals surface area contributed by atoms with Crippen molar-refractivity contribution in [3.05, 3.63) is 0 Å². The van der Waals surface area contributed by atoms with Crippen molar-refractivity contribution in [3.8, 4) is 0 Å². The van der Waals surface area contributed by atoms with Crippen molar-refractivity contribution in [3.63, 3.8) is 0 Å². The number of likely N-dealkylation sites (tertiary alicyclic amines) is 1. The van der Waals surface area contributed by atoms with E-state index < -0.39 is 5.97 Å². The van der Waals surface area contributed by atoms with Crippen LogP contribution in [-0.2, 0) is 14.3 Å². The number of carbonyl (C=O) groups is 2. The molecule has 1 fully saturated rings. The number of nitrogens with zero attached hydrogens (tertiary/aromatic N) is 1. The average Bonchev–Trinajstić information content (AvgIpc) is 2.29. The standard InChI is InChI=1S/C13H23NO4/c1-10(8-13(16)17)7-12(15)14-5-3-11(4-6-14)9-18-2/h10-11H,3-9H2,1-2H3,(H,16,17). The molecule has 0 saturated carbocycles. The Labute approximate surface area is 108 Å². The fourth-order valence-electron chi connectivity index (χ4n) is 2.38. The van der Waals surface area contributed by atoms with Gasteiger partial charge in [0.1, 0.15) is 0 Å². The minimum absolute atomic E-state index is 0.0614. The third-order valence-electron chi connectivity index (χ3n) is 3.42. The van der Waals surface area contributed by atoms with E-state index in [-0.39, 0.29) is 18.2 Å². The average molecular weight is 257 g/mol. The lowest BCUT2D eigenvalue weighted by Gasteiger charge is -2.32. The van der Waals surface area contributed by atoms with Crippen molar-refractivity contribution >= 4 is 11.9 Å². The Bertz CT molecular complexity index is 285. The van der Waals surface area contributed by atoms with Gasteiger partial charge in [-0.05, 0) is 24.7 Å². The number of amides is 1. The third kappa shape index (κ3) is 5.04. The first kappa shape index (κ1) is 15.0. The summed E-state index contributed by atoms with van der Waals surface area (Å²) in [5.74, 6) is -0.295. The molecule has 1 aliphatic rings. The van der Waals surface area contributed by atoms with Crippen molar-refractivity contribution in [1.29, 1.82) is 0 Å². The van der Waals surface area contributed by atoms with Crippen LogP contribution in [0.15, 0.2) is 0 Å². The van der Waals surface area contributed by atoms with Crippen molar-refractivity contribution in [1.82, 2.24) is 4.90 Å². The maximum Gasteiger partial charge on any atom is 0.303 e. The van der Waals surface area contributed by atoms with Gasteiger partial charge in [0.2, 0.25) is 5.91 Å². The highest BCUT2D eigenvalue weighted by molar-refractivity contribution is 5.77. The van der Waals surface area contributed by atoms with Crippen LogP contribution in [0.4, 0.5) is 0 Å². The summed E-state index contributed by atoms with van der Waals surface area (Å²) in [7, 11) is 1.70. The number of piperidine rings is 1. The van der Waals surface area contributed by atoms with E-state index in [0.29, 0.717) is 12.3 Å². The maximum absolute atomic E-state index is 12.0. The second kappa shape index (κ2) is 7.36. The predicted molar refractivity (Wildman–Crippen MR) is 67.2 cm³/mol. The SMILES string of the molecule is COCC1CCN(C(=O)CC(C)CC(=O)O)CC1. The highest BCUT2D eigenvalue weighted by Gasteiger charge is 2.24. The summed E-state index contributed by atoms with van der Waals surface area (Å²) in [5.41, 5.74) is 0. The van der Waals surface area contributed by atoms with Crippen molar-refractivity contribution < 1.29 is 19.4 Å². The van der Waals surface area contributed by atoms with Crippen molar-refractivity contribution in [2.75, 3.05) is 26.8 Å². The summed E-state index contributed by atoms with van der Waals surface area (Å²) in [5, 5.41) is 8.66. The van der Waals surface area contributed by atoms with Gasteiger partial charge in [-0.2, -0.15) is 0 Å². The van der Waals surface area contributed by atoms with Crippen LogP contribution >= 0.6 is 0 Å². The molecule has 1 heterocycles. The zero-order valence-corrected chi connectivity index (χ0v) is 11.2. The van der Waals surface area contributed by atoms with Crippen LogP contribution in [0.5, 0.6) is 0 Å². The second-order valence-corrected chi connectivity index (χ2v) is 5.19. The monoisotopic (exact) mass is 257 g/mol. The number of carbonyl (C=O) groups excluding carboxylic acids is 1. The van der Waals surface area contributed by atoms with Gasteiger partial charge in [0.25, 0.3) is 0 Å². The largest absolute Gasteiger partial charge is 0.481 e. The fourth-order valence-corrected chi connectivity index (χ4v) is 2.38. The molecule has 104 valence electrons. The topological polar surface area (TPSA) is 66.8 Å². The highest BCUT2D eigenvalue weighted by atomic mass is 16.5. The number of methoxy groups -OCH3 is 1. The van der Waals surface area contributed by atoms with E-state index in [4.69, 9.17) is 9.84 Å². The molecule has 1 aliphatic heterocycles. The zero-order chi connectivity index (χ0) is 13.5. The molecule has 1 amide bonds. The number of hydrogen-bond acceptors (Lipinski definition) is 3. The molecule has 1 saturated heterocycles. The predicted octanol–water partition coefficient (Wildman–Crippen LogP) is 1.37. The zero-order valence-electron chi connectivity index (χ0n) is 11.2. The molecule has 5 nitrogen and oxygen atoms in total. The van der Waals surface area contributed by atoms with Gasteiger partial charge in [-0.15, -0.1) is 0 Å². The third-order valence-corrected chi connectivity index (χ3v) is 3.42. The van der Waals surface area contributed by atoms with Gasteiger partial charge < -0.3 is 14.7 Å². The molecular formula is C13H23NO4. The van der Waals surface area contributed by atoms with Crippen LogP contribution in [0.25, 0.3) is 0 Å². The highest BCUT2D eigenvalue weighted by Crippen LogP contribution is 2.19. The molecule has 0 aromatic carbocycles. The molecule has 0 bridgehead atoms. The minimum atomic E-state index is -0.839. The second-order valence-electron chi connectivity index (χ2n) is 5.19. The molecule has 0 aromatic heterocycles. The fraction of sp³-hybridized carbons (Fsp3) is 0.846. The van der Waals surface area contributed by atoms with Gasteiger partial charge in [-0.25, -0.2) is 0 Å². The Morgan fingerprint density at radius 1 is 1.33 bits per heavy atom. The van der Waals surface area contributed by atoms with E-state index in [1.807, 2.05) is 11.8 Å². The lowest BCUT2D eigenvalue weighted by atomic mass is 9.96. The Hall–Kier alpha value is -1.10. The van der Waals surface area contributed by atoms with Gasteiger partial charge >= 0.3 is 5.97 Å². The molecule has 18 heavy (non-hydrogen) atoms. The van der Waals surface area contributed by atoms with Gasteiger partial charge in [0.15, 0.2) is 0 Å². The molecule has 0 aliphatic carbocycles. The smallest absolute Gasteiger partial charge is 0.303 e. The molecule has 1 N–H and O–H groups in total. The molecule has 0 spiro atoms. The summed E-state index contributed by atoms with van der Waals surface area (Å²) >= 11 is 0. The summed E-state index contributed by atoms with van der Waals surface area (Å²) in [6.07, 6.45) is 2.35. The summed E-state index contributed by atoms with van der Waals surface area (Å²) < 4.78 is 5.12. The van der Waals surface area contributed by atoms with E-state index in [1.54, 1.807) is 7.11 Å². The van der Waals surface area contributed by atoms with E-state index in [9.17, 15) is 9.59 Å². The van der Waals surface area contributed by atoms with E-state index in [2.05, 4.69) is 0 Å². The Kier molecular flexibility index (Phi) is 6.12. The maximum atomic E-state index is 12.0. The van der Waals surface area contributed by atoms with Gasteiger partial charge in [0, 0.05) is 39.6 Å². The Balaban J connectivity index is 2.29. The Morgan fingerprint density at radius 3 is 2.44 bits per heavy atom. The van der Waals surface area contributed by atoms with Crippen LogP contribution in [0.3, 0.4) is 0 Å². The molecule has 0 aromatic rings. The molecule has 1 atom stereocenters. The van der Waals surface area contributed by atoms with E-state index >= 15 is 0 Å². The molecule has 1 unspecified atom stereocenters. The summed E-state index contributed by atoms with van der Waals surface area (Å²) in [6.45, 7) is 4.11. The molecular weight excluding hydrogens is 234 g/mol.